The predicted molar refractivity (Wildman–Crippen MR) is 42.2 cm³/mol. The van der Waals surface area contributed by atoms with Gasteiger partial charge in [-0.25, -0.2) is 0 Å². The van der Waals surface area contributed by atoms with E-state index in [1.165, 1.54) is 32.5 Å². The Morgan fingerprint density at radius 1 is 1.00 bits per heavy atom. The summed E-state index contributed by atoms with van der Waals surface area (Å²) in [5, 5.41) is 9.80. The molecule has 5 atom stereocenters. The molecule has 0 spiro atoms. The van der Waals surface area contributed by atoms with Crippen LogP contribution in [0.2, 0.25) is 0 Å². The highest BCUT2D eigenvalue weighted by molar-refractivity contribution is 4.98. The van der Waals surface area contributed by atoms with E-state index in [9.17, 15) is 5.11 Å². The Balaban J connectivity index is 1.91. The van der Waals surface area contributed by atoms with Crippen LogP contribution in [0.15, 0.2) is 0 Å². The van der Waals surface area contributed by atoms with Crippen LogP contribution in [-0.4, -0.2) is 35.7 Å². The van der Waals surface area contributed by atoms with Gasteiger partial charge in [-0.3, -0.25) is 0 Å². The average molecular weight is 153 g/mol. The third-order valence-electron chi connectivity index (χ3n) is 3.74. The van der Waals surface area contributed by atoms with E-state index in [0.29, 0.717) is 11.8 Å². The minimum Gasteiger partial charge on any atom is -0.392 e. The SMILES string of the molecule is O[C@H]1[C@@H]2C[C@H]3C[C@H]1CN(C3)C2. The molecule has 1 N–H and O–H groups in total. The van der Waals surface area contributed by atoms with E-state index in [1.54, 1.807) is 0 Å². The van der Waals surface area contributed by atoms with E-state index < -0.39 is 0 Å². The van der Waals surface area contributed by atoms with Crippen molar-refractivity contribution in [3.05, 3.63) is 0 Å². The lowest BCUT2D eigenvalue weighted by Crippen LogP contribution is -2.59. The molecule has 0 aromatic carbocycles. The highest BCUT2D eigenvalue weighted by Gasteiger charge is 2.46. The highest BCUT2D eigenvalue weighted by atomic mass is 16.3. The number of rotatable bonds is 0. The molecular weight excluding hydrogens is 138 g/mol. The summed E-state index contributed by atoms with van der Waals surface area (Å²) in [6.45, 7) is 3.67. The molecular formula is C9H15NO. The Hall–Kier alpha value is -0.0800. The molecule has 3 aliphatic heterocycles. The van der Waals surface area contributed by atoms with E-state index in [1.807, 2.05) is 0 Å². The van der Waals surface area contributed by atoms with E-state index in [2.05, 4.69) is 4.90 Å². The van der Waals surface area contributed by atoms with Crippen LogP contribution in [0, 0.1) is 17.8 Å². The lowest BCUT2D eigenvalue weighted by molar-refractivity contribution is -0.110. The second kappa shape index (κ2) is 1.99. The van der Waals surface area contributed by atoms with Gasteiger partial charge in [0, 0.05) is 19.6 Å². The normalized spacial score (nSPS) is 60.3. The molecule has 4 aliphatic rings. The van der Waals surface area contributed by atoms with Crippen molar-refractivity contribution in [3.63, 3.8) is 0 Å². The van der Waals surface area contributed by atoms with Crippen LogP contribution in [0.1, 0.15) is 12.8 Å². The van der Waals surface area contributed by atoms with Crippen LogP contribution >= 0.6 is 0 Å². The average Bonchev–Trinajstić information content (AvgIpc) is 1.98. The highest BCUT2D eigenvalue weighted by Crippen LogP contribution is 2.43. The summed E-state index contributed by atoms with van der Waals surface area (Å²) >= 11 is 0. The second-order valence-corrected chi connectivity index (χ2v) is 4.57. The summed E-state index contributed by atoms with van der Waals surface area (Å²) in [6.07, 6.45) is 2.64. The monoisotopic (exact) mass is 153 g/mol. The molecule has 1 saturated carbocycles. The van der Waals surface area contributed by atoms with Gasteiger partial charge in [0.15, 0.2) is 0 Å². The number of nitrogens with zero attached hydrogens (tertiary/aromatic N) is 1. The van der Waals surface area contributed by atoms with Crippen molar-refractivity contribution in [1.29, 1.82) is 0 Å². The van der Waals surface area contributed by atoms with Crippen molar-refractivity contribution < 1.29 is 5.11 Å². The van der Waals surface area contributed by atoms with E-state index in [0.717, 1.165) is 5.92 Å². The number of hydrogen-bond acceptors (Lipinski definition) is 2. The molecule has 4 bridgehead atoms. The molecule has 0 aromatic rings. The van der Waals surface area contributed by atoms with Gasteiger partial charge < -0.3 is 10.0 Å². The largest absolute Gasteiger partial charge is 0.392 e. The lowest BCUT2D eigenvalue weighted by atomic mass is 9.66. The maximum atomic E-state index is 9.80. The Morgan fingerprint density at radius 3 is 2.18 bits per heavy atom. The molecule has 4 rings (SSSR count). The molecule has 2 heteroatoms. The predicted octanol–water partition coefficient (Wildman–Crippen LogP) is 0.319. The zero-order chi connectivity index (χ0) is 7.42. The van der Waals surface area contributed by atoms with E-state index >= 15 is 0 Å². The van der Waals surface area contributed by atoms with Crippen molar-refractivity contribution in [2.75, 3.05) is 19.6 Å². The Labute approximate surface area is 67.2 Å². The Morgan fingerprint density at radius 2 is 1.64 bits per heavy atom. The number of hydrogen-bond donors (Lipinski definition) is 1. The maximum Gasteiger partial charge on any atom is 0.0621 e. The quantitative estimate of drug-likeness (QED) is 0.541. The molecule has 3 saturated heterocycles. The van der Waals surface area contributed by atoms with Crippen molar-refractivity contribution in [1.82, 2.24) is 4.90 Å². The van der Waals surface area contributed by atoms with Crippen LogP contribution in [0.5, 0.6) is 0 Å². The molecule has 0 radical (unpaired) electrons. The van der Waals surface area contributed by atoms with Crippen LogP contribution in [0.4, 0.5) is 0 Å². The van der Waals surface area contributed by atoms with Gasteiger partial charge in [0.25, 0.3) is 0 Å². The summed E-state index contributed by atoms with van der Waals surface area (Å²) in [4.78, 5) is 2.54. The van der Waals surface area contributed by atoms with E-state index in [4.69, 9.17) is 0 Å². The third kappa shape index (κ3) is 0.798. The van der Waals surface area contributed by atoms with Gasteiger partial charge in [-0.05, 0) is 30.6 Å². The van der Waals surface area contributed by atoms with Gasteiger partial charge in [0.2, 0.25) is 0 Å². The summed E-state index contributed by atoms with van der Waals surface area (Å²) < 4.78 is 0. The first kappa shape index (κ1) is 6.44. The van der Waals surface area contributed by atoms with Gasteiger partial charge in [-0.1, -0.05) is 0 Å². The molecule has 11 heavy (non-hydrogen) atoms. The van der Waals surface area contributed by atoms with E-state index in [-0.39, 0.29) is 6.10 Å². The van der Waals surface area contributed by atoms with Gasteiger partial charge in [-0.15, -0.1) is 0 Å². The molecule has 2 nitrogen and oxygen atoms in total. The minimum atomic E-state index is 0.0443. The third-order valence-corrected chi connectivity index (χ3v) is 3.74. The smallest absolute Gasteiger partial charge is 0.0621 e. The molecule has 4 fully saturated rings. The maximum absolute atomic E-state index is 9.80. The summed E-state index contributed by atoms with van der Waals surface area (Å²) in [6, 6.07) is 0. The number of aliphatic hydroxyl groups excluding tert-OH is 1. The topological polar surface area (TPSA) is 23.5 Å². The molecule has 0 aromatic heterocycles. The minimum absolute atomic E-state index is 0.0443. The molecule has 62 valence electrons. The van der Waals surface area contributed by atoms with Gasteiger partial charge in [0.1, 0.15) is 0 Å². The van der Waals surface area contributed by atoms with Crippen molar-refractivity contribution in [3.8, 4) is 0 Å². The second-order valence-electron chi connectivity index (χ2n) is 4.57. The van der Waals surface area contributed by atoms with Crippen molar-refractivity contribution in [2.24, 2.45) is 17.8 Å². The zero-order valence-corrected chi connectivity index (χ0v) is 6.74. The number of aliphatic hydroxyl groups is 1. The lowest BCUT2D eigenvalue weighted by Gasteiger charge is -2.54. The molecule has 3 heterocycles. The van der Waals surface area contributed by atoms with Crippen molar-refractivity contribution >= 4 is 0 Å². The van der Waals surface area contributed by atoms with Crippen LogP contribution in [-0.2, 0) is 0 Å². The standard InChI is InChI=1S/C9H15NO/c11-9-7-1-6-2-8(9)5-10(3-6)4-7/h6-9,11H,1-5H2/t6-,7+,8-,9-. The van der Waals surface area contributed by atoms with Crippen LogP contribution < -0.4 is 0 Å². The fraction of sp³-hybridized carbons (Fsp3) is 1.00. The van der Waals surface area contributed by atoms with Crippen LogP contribution in [0.25, 0.3) is 0 Å². The zero-order valence-electron chi connectivity index (χ0n) is 6.74. The summed E-state index contributed by atoms with van der Waals surface area (Å²) in [5.41, 5.74) is 0. The van der Waals surface area contributed by atoms with Gasteiger partial charge >= 0.3 is 0 Å². The number of piperidine rings is 3. The van der Waals surface area contributed by atoms with Crippen LogP contribution in [0.3, 0.4) is 0 Å². The molecule has 0 amide bonds. The summed E-state index contributed by atoms with van der Waals surface area (Å²) in [7, 11) is 0. The fourth-order valence-corrected chi connectivity index (χ4v) is 3.38. The molecule has 1 aliphatic carbocycles. The Bertz CT molecular complexity index is 152. The summed E-state index contributed by atoms with van der Waals surface area (Å²) in [5.74, 6) is 2.18. The van der Waals surface area contributed by atoms with Crippen molar-refractivity contribution in [2.45, 2.75) is 18.9 Å². The first-order chi connectivity index (χ1) is 5.33. The first-order valence-electron chi connectivity index (χ1n) is 4.73. The fourth-order valence-electron chi connectivity index (χ4n) is 3.38. The Kier molecular flexibility index (Phi) is 1.16. The van der Waals surface area contributed by atoms with Gasteiger partial charge in [0.05, 0.1) is 6.10 Å². The van der Waals surface area contributed by atoms with Gasteiger partial charge in [-0.2, -0.15) is 0 Å². The molecule has 1 unspecified atom stereocenters. The first-order valence-corrected chi connectivity index (χ1v) is 4.73.